The molecule has 164 valence electrons. The number of esters is 1. The molecule has 1 unspecified atom stereocenters. The molecule has 1 aromatic rings. The van der Waals surface area contributed by atoms with Gasteiger partial charge in [0, 0.05) is 18.7 Å². The zero-order valence-electron chi connectivity index (χ0n) is 17.2. The van der Waals surface area contributed by atoms with Crippen molar-refractivity contribution in [1.82, 2.24) is 10.6 Å². The van der Waals surface area contributed by atoms with Gasteiger partial charge in [-0.25, -0.2) is 9.59 Å². The van der Waals surface area contributed by atoms with Crippen LogP contribution in [0.3, 0.4) is 0 Å². The van der Waals surface area contributed by atoms with E-state index in [9.17, 15) is 14.4 Å². The standard InChI is InChI=1S/C20H28N4O6/c1-3-4-9-29-20(27)23-17(19(26)28-2)12-22-18(25)11-15-10-16(24-30-15)13-5-7-14(21)8-6-13/h5-8,15,17H,3-4,9-12,21H2,1-2H3,(H,22,25)(H,23,27)/t15?,17-/m0/s1. The smallest absolute Gasteiger partial charge is 0.407 e. The number of rotatable bonds is 10. The largest absolute Gasteiger partial charge is 0.467 e. The number of nitrogen functional groups attached to an aromatic ring is 1. The molecule has 10 heteroatoms. The van der Waals surface area contributed by atoms with Crippen molar-refractivity contribution in [3.8, 4) is 0 Å². The van der Waals surface area contributed by atoms with Crippen LogP contribution in [0.2, 0.25) is 0 Å². The number of nitrogens with one attached hydrogen (secondary N) is 2. The van der Waals surface area contributed by atoms with Crippen LogP contribution >= 0.6 is 0 Å². The van der Waals surface area contributed by atoms with E-state index in [-0.39, 0.29) is 25.5 Å². The Kier molecular flexibility index (Phi) is 8.92. The highest BCUT2D eigenvalue weighted by Gasteiger charge is 2.27. The summed E-state index contributed by atoms with van der Waals surface area (Å²) >= 11 is 0. The number of alkyl carbamates (subject to hydrolysis) is 1. The van der Waals surface area contributed by atoms with Crippen LogP contribution in [0, 0.1) is 0 Å². The summed E-state index contributed by atoms with van der Waals surface area (Å²) in [5.74, 6) is -1.03. The molecule has 0 bridgehead atoms. The Morgan fingerprint density at radius 1 is 1.30 bits per heavy atom. The first-order valence-corrected chi connectivity index (χ1v) is 9.79. The number of hydrogen-bond acceptors (Lipinski definition) is 8. The van der Waals surface area contributed by atoms with Gasteiger partial charge in [-0.1, -0.05) is 30.6 Å². The monoisotopic (exact) mass is 420 g/mol. The quantitative estimate of drug-likeness (QED) is 0.294. The van der Waals surface area contributed by atoms with Crippen molar-refractivity contribution in [3.63, 3.8) is 0 Å². The fourth-order valence-corrected chi connectivity index (χ4v) is 2.71. The number of amides is 2. The minimum atomic E-state index is -1.06. The van der Waals surface area contributed by atoms with Gasteiger partial charge in [-0.2, -0.15) is 0 Å². The fraction of sp³-hybridized carbons (Fsp3) is 0.500. The van der Waals surface area contributed by atoms with Crippen molar-refractivity contribution in [2.24, 2.45) is 5.16 Å². The molecule has 1 aliphatic rings. The summed E-state index contributed by atoms with van der Waals surface area (Å²) < 4.78 is 9.63. The Morgan fingerprint density at radius 2 is 2.03 bits per heavy atom. The van der Waals surface area contributed by atoms with E-state index in [1.807, 2.05) is 19.1 Å². The van der Waals surface area contributed by atoms with E-state index in [0.29, 0.717) is 12.1 Å². The third-order valence-electron chi connectivity index (χ3n) is 4.40. The predicted octanol–water partition coefficient (Wildman–Crippen LogP) is 1.34. The van der Waals surface area contributed by atoms with Crippen LogP contribution in [0.4, 0.5) is 10.5 Å². The average Bonchev–Trinajstić information content (AvgIpc) is 3.19. The molecule has 2 rings (SSSR count). The van der Waals surface area contributed by atoms with Crippen LogP contribution < -0.4 is 16.4 Å². The Balaban J connectivity index is 1.78. The van der Waals surface area contributed by atoms with Gasteiger partial charge < -0.3 is 30.7 Å². The van der Waals surface area contributed by atoms with Crippen molar-refractivity contribution >= 4 is 29.4 Å². The van der Waals surface area contributed by atoms with Gasteiger partial charge in [-0.15, -0.1) is 0 Å². The zero-order valence-corrected chi connectivity index (χ0v) is 17.2. The van der Waals surface area contributed by atoms with Gasteiger partial charge in [0.15, 0.2) is 0 Å². The Bertz CT molecular complexity index is 765. The van der Waals surface area contributed by atoms with Gasteiger partial charge in [0.05, 0.1) is 25.8 Å². The summed E-state index contributed by atoms with van der Waals surface area (Å²) in [6, 6.07) is 6.16. The molecule has 0 saturated heterocycles. The van der Waals surface area contributed by atoms with Gasteiger partial charge in [-0.05, 0) is 24.1 Å². The first-order valence-electron chi connectivity index (χ1n) is 9.79. The number of oxime groups is 1. The molecule has 4 N–H and O–H groups in total. The molecular weight excluding hydrogens is 392 g/mol. The van der Waals surface area contributed by atoms with Crippen molar-refractivity contribution < 1.29 is 28.7 Å². The van der Waals surface area contributed by atoms with Crippen LogP contribution in [-0.2, 0) is 23.9 Å². The van der Waals surface area contributed by atoms with E-state index in [1.165, 1.54) is 7.11 Å². The molecule has 0 saturated carbocycles. The number of carbonyl (C=O) groups excluding carboxylic acids is 3. The lowest BCUT2D eigenvalue weighted by atomic mass is 10.0. The maximum Gasteiger partial charge on any atom is 0.407 e. The molecule has 2 atom stereocenters. The molecule has 1 heterocycles. The number of unbranched alkanes of at least 4 members (excludes halogenated alkanes) is 1. The van der Waals surface area contributed by atoms with Gasteiger partial charge in [0.1, 0.15) is 12.1 Å². The highest BCUT2D eigenvalue weighted by Crippen LogP contribution is 2.19. The highest BCUT2D eigenvalue weighted by atomic mass is 16.6. The third kappa shape index (κ3) is 7.26. The summed E-state index contributed by atoms with van der Waals surface area (Å²) in [5, 5.41) is 9.03. The molecule has 0 aliphatic carbocycles. The number of anilines is 1. The second-order valence-corrected chi connectivity index (χ2v) is 6.81. The van der Waals surface area contributed by atoms with Crippen LogP contribution in [0.25, 0.3) is 0 Å². The summed E-state index contributed by atoms with van der Waals surface area (Å²) in [4.78, 5) is 41.2. The van der Waals surface area contributed by atoms with E-state index in [4.69, 9.17) is 15.3 Å². The van der Waals surface area contributed by atoms with E-state index < -0.39 is 24.2 Å². The summed E-state index contributed by atoms with van der Waals surface area (Å²) in [6.07, 6.45) is 0.956. The lowest BCUT2D eigenvalue weighted by Crippen LogP contribution is -2.49. The van der Waals surface area contributed by atoms with Gasteiger partial charge in [0.25, 0.3) is 0 Å². The number of nitrogens with two attached hydrogens (primary N) is 1. The number of benzene rings is 1. The lowest BCUT2D eigenvalue weighted by molar-refractivity contribution is -0.143. The molecule has 1 aromatic carbocycles. The minimum Gasteiger partial charge on any atom is -0.467 e. The van der Waals surface area contributed by atoms with Crippen molar-refractivity contribution in [2.45, 2.75) is 44.8 Å². The number of carbonyl (C=O) groups is 3. The molecule has 0 radical (unpaired) electrons. The molecule has 0 spiro atoms. The van der Waals surface area contributed by atoms with Crippen molar-refractivity contribution in [2.75, 3.05) is 26.0 Å². The summed E-state index contributed by atoms with van der Waals surface area (Å²) in [5.41, 5.74) is 7.94. The normalized spacial score (nSPS) is 16.1. The van der Waals surface area contributed by atoms with E-state index in [1.54, 1.807) is 12.1 Å². The van der Waals surface area contributed by atoms with Crippen molar-refractivity contribution in [3.05, 3.63) is 29.8 Å². The Morgan fingerprint density at radius 3 is 2.70 bits per heavy atom. The number of hydrogen-bond donors (Lipinski definition) is 3. The third-order valence-corrected chi connectivity index (χ3v) is 4.40. The Labute approximate surface area is 175 Å². The molecule has 2 amide bonds. The molecule has 0 aromatic heterocycles. The molecule has 30 heavy (non-hydrogen) atoms. The molecule has 10 nitrogen and oxygen atoms in total. The predicted molar refractivity (Wildman–Crippen MR) is 110 cm³/mol. The summed E-state index contributed by atoms with van der Waals surface area (Å²) in [7, 11) is 1.20. The maximum atomic E-state index is 12.2. The number of ether oxygens (including phenoxy) is 2. The van der Waals surface area contributed by atoms with Gasteiger partial charge >= 0.3 is 12.1 Å². The van der Waals surface area contributed by atoms with Crippen molar-refractivity contribution in [1.29, 1.82) is 0 Å². The average molecular weight is 420 g/mol. The van der Waals surface area contributed by atoms with E-state index in [0.717, 1.165) is 24.1 Å². The highest BCUT2D eigenvalue weighted by molar-refractivity contribution is 6.01. The van der Waals surface area contributed by atoms with Crippen LogP contribution in [0.15, 0.2) is 29.4 Å². The number of methoxy groups -OCH3 is 1. The first kappa shape index (κ1) is 23.0. The van der Waals surface area contributed by atoms with Crippen LogP contribution in [-0.4, -0.2) is 56.1 Å². The SMILES string of the molecule is CCCCOC(=O)N[C@@H](CNC(=O)CC1CC(c2ccc(N)cc2)=NO1)C(=O)OC. The van der Waals surface area contributed by atoms with E-state index in [2.05, 4.69) is 20.5 Å². The fourth-order valence-electron chi connectivity index (χ4n) is 2.71. The van der Waals surface area contributed by atoms with E-state index >= 15 is 0 Å². The topological polar surface area (TPSA) is 141 Å². The second-order valence-electron chi connectivity index (χ2n) is 6.81. The maximum absolute atomic E-state index is 12.2. The first-order chi connectivity index (χ1) is 14.4. The van der Waals surface area contributed by atoms with Gasteiger partial charge in [0.2, 0.25) is 5.91 Å². The summed E-state index contributed by atoms with van der Waals surface area (Å²) in [6.45, 7) is 2.08. The van der Waals surface area contributed by atoms with Crippen LogP contribution in [0.1, 0.15) is 38.2 Å². The zero-order chi connectivity index (χ0) is 21.9. The molecular formula is C20H28N4O6. The number of nitrogens with zero attached hydrogens (tertiary/aromatic N) is 1. The molecule has 1 aliphatic heterocycles. The van der Waals surface area contributed by atoms with Gasteiger partial charge in [-0.3, -0.25) is 4.79 Å². The molecule has 0 fully saturated rings. The van der Waals surface area contributed by atoms with Crippen LogP contribution in [0.5, 0.6) is 0 Å². The lowest BCUT2D eigenvalue weighted by Gasteiger charge is -2.17. The Hall–Kier alpha value is -3.30. The minimum absolute atomic E-state index is 0.0524. The second kappa shape index (κ2) is 11.6.